The van der Waals surface area contributed by atoms with E-state index in [0.29, 0.717) is 0 Å². The Labute approximate surface area is 106 Å². The Balaban J connectivity index is 2.67. The average molecular weight is 240 g/mol. The van der Waals surface area contributed by atoms with Gasteiger partial charge in [-0.15, -0.1) is 11.3 Å². The van der Waals surface area contributed by atoms with Gasteiger partial charge in [0.25, 0.3) is 0 Å². The Bertz CT molecular complexity index is 732. The van der Waals surface area contributed by atoms with Crippen molar-refractivity contribution in [1.82, 2.24) is 0 Å². The highest BCUT2D eigenvalue weighted by molar-refractivity contribution is 7.26. The van der Waals surface area contributed by atoms with Crippen molar-refractivity contribution in [2.75, 3.05) is 0 Å². The molecule has 2 aromatic carbocycles. The second kappa shape index (κ2) is 3.58. The maximum Gasteiger partial charge on any atom is 0.0390 e. The predicted octanol–water partition coefficient (Wildman–Crippen LogP) is 5.29. The normalized spacial score (nSPS) is 11.5. The lowest BCUT2D eigenvalue weighted by atomic mass is 9.95. The van der Waals surface area contributed by atoms with Crippen molar-refractivity contribution in [3.05, 3.63) is 46.5 Å². The molecule has 1 heterocycles. The summed E-state index contributed by atoms with van der Waals surface area (Å²) >= 11 is 1.93. The van der Waals surface area contributed by atoms with Crippen LogP contribution in [0.1, 0.15) is 22.3 Å². The third kappa shape index (κ3) is 1.35. The van der Waals surface area contributed by atoms with Crippen LogP contribution in [-0.4, -0.2) is 0 Å². The largest absolute Gasteiger partial charge is 0.135 e. The van der Waals surface area contributed by atoms with Crippen LogP contribution in [0.3, 0.4) is 0 Å². The van der Waals surface area contributed by atoms with E-state index in [2.05, 4.69) is 52.0 Å². The summed E-state index contributed by atoms with van der Waals surface area (Å²) < 4.78 is 2.87. The van der Waals surface area contributed by atoms with Crippen LogP contribution in [0, 0.1) is 27.7 Å². The molecule has 0 saturated heterocycles. The molecule has 0 nitrogen and oxygen atoms in total. The number of hydrogen-bond donors (Lipinski definition) is 0. The molecular formula is C16H16S. The zero-order chi connectivity index (χ0) is 12.2. The molecule has 0 fully saturated rings. The summed E-state index contributed by atoms with van der Waals surface area (Å²) in [6.45, 7) is 8.98. The minimum absolute atomic E-state index is 1.40. The van der Waals surface area contributed by atoms with Gasteiger partial charge in [-0.2, -0.15) is 0 Å². The van der Waals surface area contributed by atoms with Gasteiger partial charge in [-0.25, -0.2) is 0 Å². The van der Waals surface area contributed by atoms with Crippen molar-refractivity contribution in [1.29, 1.82) is 0 Å². The maximum absolute atomic E-state index is 2.25. The van der Waals surface area contributed by atoms with Gasteiger partial charge in [0.05, 0.1) is 0 Å². The van der Waals surface area contributed by atoms with Crippen LogP contribution in [-0.2, 0) is 0 Å². The molecule has 0 aliphatic carbocycles. The average Bonchev–Trinajstić information content (AvgIpc) is 2.73. The lowest BCUT2D eigenvalue weighted by molar-refractivity contribution is 1.26. The minimum Gasteiger partial charge on any atom is -0.135 e. The van der Waals surface area contributed by atoms with Crippen molar-refractivity contribution < 1.29 is 0 Å². The van der Waals surface area contributed by atoms with Gasteiger partial charge in [0, 0.05) is 20.2 Å². The standard InChI is InChI=1S/C16H16S/c1-9-10(2)12(4)16-15(11(9)3)13-7-5-6-8-14(13)17-16/h5-8H,1-4H3. The summed E-state index contributed by atoms with van der Waals surface area (Å²) in [4.78, 5) is 0. The molecular weight excluding hydrogens is 224 g/mol. The molecule has 0 spiro atoms. The van der Waals surface area contributed by atoms with Gasteiger partial charge in [-0.1, -0.05) is 18.2 Å². The highest BCUT2D eigenvalue weighted by atomic mass is 32.1. The number of benzene rings is 2. The Morgan fingerprint density at radius 2 is 1.41 bits per heavy atom. The molecule has 0 unspecified atom stereocenters. The van der Waals surface area contributed by atoms with E-state index in [9.17, 15) is 0 Å². The fraction of sp³-hybridized carbons (Fsp3) is 0.250. The first-order chi connectivity index (χ1) is 8.11. The first-order valence-corrected chi connectivity index (χ1v) is 6.80. The van der Waals surface area contributed by atoms with Gasteiger partial charge in [0.15, 0.2) is 0 Å². The fourth-order valence-corrected chi connectivity index (χ4v) is 3.92. The van der Waals surface area contributed by atoms with Crippen LogP contribution in [0.4, 0.5) is 0 Å². The molecule has 0 atom stereocenters. The molecule has 3 rings (SSSR count). The highest BCUT2D eigenvalue weighted by Gasteiger charge is 2.13. The molecule has 0 radical (unpaired) electrons. The van der Waals surface area contributed by atoms with E-state index in [1.54, 1.807) is 0 Å². The van der Waals surface area contributed by atoms with Gasteiger partial charge in [0.1, 0.15) is 0 Å². The third-order valence-corrected chi connectivity index (χ3v) is 5.29. The zero-order valence-corrected chi connectivity index (χ0v) is 11.5. The number of fused-ring (bicyclic) bond motifs is 3. The molecule has 17 heavy (non-hydrogen) atoms. The second-order valence-corrected chi connectivity index (χ2v) is 5.85. The first-order valence-electron chi connectivity index (χ1n) is 5.99. The second-order valence-electron chi connectivity index (χ2n) is 4.80. The highest BCUT2D eigenvalue weighted by Crippen LogP contribution is 2.40. The molecule has 0 bridgehead atoms. The summed E-state index contributed by atoms with van der Waals surface area (Å²) in [5, 5.41) is 2.88. The third-order valence-electron chi connectivity index (χ3n) is 4.00. The lowest BCUT2D eigenvalue weighted by Crippen LogP contribution is -1.91. The summed E-state index contributed by atoms with van der Waals surface area (Å²) in [7, 11) is 0. The van der Waals surface area contributed by atoms with Crippen molar-refractivity contribution in [2.24, 2.45) is 0 Å². The predicted molar refractivity (Wildman–Crippen MR) is 78.3 cm³/mol. The van der Waals surface area contributed by atoms with Gasteiger partial charge < -0.3 is 0 Å². The van der Waals surface area contributed by atoms with Crippen molar-refractivity contribution in [2.45, 2.75) is 27.7 Å². The van der Waals surface area contributed by atoms with E-state index in [4.69, 9.17) is 0 Å². The smallest absolute Gasteiger partial charge is 0.0390 e. The first kappa shape index (κ1) is 10.8. The van der Waals surface area contributed by atoms with Crippen LogP contribution in [0.2, 0.25) is 0 Å². The molecule has 86 valence electrons. The Kier molecular flexibility index (Phi) is 2.27. The number of hydrogen-bond acceptors (Lipinski definition) is 1. The van der Waals surface area contributed by atoms with Crippen LogP contribution in [0.5, 0.6) is 0 Å². The zero-order valence-electron chi connectivity index (χ0n) is 10.7. The van der Waals surface area contributed by atoms with Crippen LogP contribution < -0.4 is 0 Å². The van der Waals surface area contributed by atoms with E-state index in [1.165, 1.54) is 42.4 Å². The fourth-order valence-electron chi connectivity index (χ4n) is 2.60. The molecule has 0 aliphatic rings. The van der Waals surface area contributed by atoms with Crippen molar-refractivity contribution in [3.8, 4) is 0 Å². The van der Waals surface area contributed by atoms with Crippen LogP contribution in [0.25, 0.3) is 20.2 Å². The molecule has 0 aliphatic heterocycles. The van der Waals surface area contributed by atoms with E-state index in [1.807, 2.05) is 11.3 Å². The van der Waals surface area contributed by atoms with E-state index in [-0.39, 0.29) is 0 Å². The summed E-state index contributed by atoms with van der Waals surface area (Å²) in [6, 6.07) is 8.74. The van der Waals surface area contributed by atoms with Gasteiger partial charge in [-0.05, 0) is 56.0 Å². The Hall–Kier alpha value is -1.34. The van der Waals surface area contributed by atoms with Crippen LogP contribution in [0.15, 0.2) is 24.3 Å². The number of aryl methyl sites for hydroxylation is 2. The van der Waals surface area contributed by atoms with Gasteiger partial charge in [0.2, 0.25) is 0 Å². The van der Waals surface area contributed by atoms with Gasteiger partial charge in [-0.3, -0.25) is 0 Å². The van der Waals surface area contributed by atoms with Crippen LogP contribution >= 0.6 is 11.3 Å². The molecule has 3 aromatic rings. The van der Waals surface area contributed by atoms with E-state index < -0.39 is 0 Å². The summed E-state index contributed by atoms with van der Waals surface area (Å²) in [6.07, 6.45) is 0. The lowest BCUT2D eigenvalue weighted by Gasteiger charge is -2.10. The summed E-state index contributed by atoms with van der Waals surface area (Å²) in [5.74, 6) is 0. The SMILES string of the molecule is Cc1c(C)c(C)c2c(sc3ccccc32)c1C. The molecule has 0 saturated carbocycles. The molecule has 1 aromatic heterocycles. The maximum atomic E-state index is 2.25. The Morgan fingerprint density at radius 1 is 0.765 bits per heavy atom. The van der Waals surface area contributed by atoms with Crippen molar-refractivity contribution in [3.63, 3.8) is 0 Å². The number of rotatable bonds is 0. The quantitative estimate of drug-likeness (QED) is 0.501. The van der Waals surface area contributed by atoms with Crippen molar-refractivity contribution >= 4 is 31.5 Å². The Morgan fingerprint density at radius 3 is 2.18 bits per heavy atom. The summed E-state index contributed by atoms with van der Waals surface area (Å²) in [5.41, 5.74) is 5.78. The molecule has 0 N–H and O–H groups in total. The van der Waals surface area contributed by atoms with E-state index >= 15 is 0 Å². The molecule has 1 heteroatoms. The monoisotopic (exact) mass is 240 g/mol. The minimum atomic E-state index is 1.40. The number of thiophene rings is 1. The van der Waals surface area contributed by atoms with Gasteiger partial charge >= 0.3 is 0 Å². The topological polar surface area (TPSA) is 0 Å². The van der Waals surface area contributed by atoms with E-state index in [0.717, 1.165) is 0 Å². The molecule has 0 amide bonds.